The van der Waals surface area contributed by atoms with Crippen molar-refractivity contribution in [3.63, 3.8) is 0 Å². The summed E-state index contributed by atoms with van der Waals surface area (Å²) in [4.78, 5) is 23.2. The summed E-state index contributed by atoms with van der Waals surface area (Å²) < 4.78 is 0. The molecule has 25 heavy (non-hydrogen) atoms. The molecule has 1 atom stereocenters. The lowest BCUT2D eigenvalue weighted by molar-refractivity contribution is -0.385. The Balaban J connectivity index is 1.79. The first-order valence-corrected chi connectivity index (χ1v) is 8.64. The Morgan fingerprint density at radius 2 is 1.88 bits per heavy atom. The maximum absolute atomic E-state index is 12.6. The van der Waals surface area contributed by atoms with Crippen LogP contribution in [-0.2, 0) is 12.8 Å². The number of nitro groups is 1. The van der Waals surface area contributed by atoms with Gasteiger partial charge in [-0.2, -0.15) is 0 Å². The van der Waals surface area contributed by atoms with Crippen LogP contribution in [0.15, 0.2) is 36.4 Å². The van der Waals surface area contributed by atoms with Gasteiger partial charge in [0, 0.05) is 17.2 Å². The molecule has 0 aliphatic heterocycles. The van der Waals surface area contributed by atoms with E-state index in [4.69, 9.17) is 0 Å². The Kier molecular flexibility index (Phi) is 4.83. The van der Waals surface area contributed by atoms with Gasteiger partial charge in [0.1, 0.15) is 0 Å². The summed E-state index contributed by atoms with van der Waals surface area (Å²) in [6.45, 7) is 3.55. The molecular weight excluding hydrogens is 316 g/mol. The number of hydrogen-bond donors (Lipinski definition) is 1. The normalized spacial score (nSPS) is 14.5. The third-order valence-electron chi connectivity index (χ3n) is 4.97. The van der Waals surface area contributed by atoms with E-state index in [0.29, 0.717) is 11.1 Å². The zero-order valence-corrected chi connectivity index (χ0v) is 14.5. The molecule has 0 spiro atoms. The van der Waals surface area contributed by atoms with Crippen molar-refractivity contribution in [1.82, 2.24) is 5.32 Å². The van der Waals surface area contributed by atoms with Gasteiger partial charge < -0.3 is 5.32 Å². The Bertz CT molecular complexity index is 830. The second-order valence-corrected chi connectivity index (χ2v) is 6.64. The fourth-order valence-corrected chi connectivity index (χ4v) is 3.45. The Morgan fingerprint density at radius 1 is 1.16 bits per heavy atom. The molecule has 5 heteroatoms. The van der Waals surface area contributed by atoms with Crippen molar-refractivity contribution >= 4 is 11.6 Å². The summed E-state index contributed by atoms with van der Waals surface area (Å²) >= 11 is 0. The lowest BCUT2D eigenvalue weighted by atomic mass is 9.89. The van der Waals surface area contributed by atoms with Gasteiger partial charge in [-0.05, 0) is 62.3 Å². The van der Waals surface area contributed by atoms with Crippen LogP contribution in [-0.4, -0.2) is 10.8 Å². The molecule has 2 aromatic carbocycles. The molecule has 1 N–H and O–H groups in total. The van der Waals surface area contributed by atoms with Crippen LogP contribution in [0.2, 0.25) is 0 Å². The molecule has 0 saturated heterocycles. The van der Waals surface area contributed by atoms with E-state index in [0.717, 1.165) is 18.4 Å². The average Bonchev–Trinajstić information content (AvgIpc) is 2.61. The third-order valence-corrected chi connectivity index (χ3v) is 4.97. The second kappa shape index (κ2) is 7.05. The van der Waals surface area contributed by atoms with E-state index >= 15 is 0 Å². The maximum Gasteiger partial charge on any atom is 0.273 e. The minimum absolute atomic E-state index is 0.0333. The van der Waals surface area contributed by atoms with Crippen molar-refractivity contribution in [2.75, 3.05) is 0 Å². The molecule has 0 heterocycles. The number of carbonyl (C=O) groups excluding carboxylic acids is 1. The standard InChI is InChI=1S/C20H22N2O3/c1-13-18(8-5-9-19(13)22(24)25)20(23)21-14(2)16-11-10-15-6-3-4-7-17(15)12-16/h5,8-12,14H,3-4,6-7H2,1-2H3,(H,21,23)/t14-/m1/s1. The van der Waals surface area contributed by atoms with Gasteiger partial charge in [0.2, 0.25) is 0 Å². The quantitative estimate of drug-likeness (QED) is 0.668. The summed E-state index contributed by atoms with van der Waals surface area (Å²) in [6, 6.07) is 10.8. The van der Waals surface area contributed by atoms with Crippen LogP contribution in [0.3, 0.4) is 0 Å². The van der Waals surface area contributed by atoms with Crippen LogP contribution in [0.4, 0.5) is 5.69 Å². The number of fused-ring (bicyclic) bond motifs is 1. The van der Waals surface area contributed by atoms with Gasteiger partial charge in [0.15, 0.2) is 0 Å². The van der Waals surface area contributed by atoms with Crippen LogP contribution in [0.5, 0.6) is 0 Å². The molecule has 0 fully saturated rings. The molecule has 1 amide bonds. The second-order valence-electron chi connectivity index (χ2n) is 6.64. The highest BCUT2D eigenvalue weighted by Gasteiger charge is 2.20. The Hall–Kier alpha value is -2.69. The van der Waals surface area contributed by atoms with E-state index in [1.807, 2.05) is 6.92 Å². The minimum Gasteiger partial charge on any atom is -0.346 e. The summed E-state index contributed by atoms with van der Waals surface area (Å²) in [5, 5.41) is 14.0. The number of nitrogens with zero attached hydrogens (tertiary/aromatic N) is 1. The molecule has 5 nitrogen and oxygen atoms in total. The lowest BCUT2D eigenvalue weighted by Gasteiger charge is -2.20. The Morgan fingerprint density at radius 3 is 2.60 bits per heavy atom. The summed E-state index contributed by atoms with van der Waals surface area (Å²) in [7, 11) is 0. The zero-order chi connectivity index (χ0) is 18.0. The van der Waals surface area contributed by atoms with E-state index in [1.54, 1.807) is 19.1 Å². The number of benzene rings is 2. The van der Waals surface area contributed by atoms with E-state index in [-0.39, 0.29) is 17.6 Å². The predicted molar refractivity (Wildman–Crippen MR) is 96.8 cm³/mol. The first-order chi connectivity index (χ1) is 12.0. The van der Waals surface area contributed by atoms with Crippen LogP contribution >= 0.6 is 0 Å². The highest BCUT2D eigenvalue weighted by molar-refractivity contribution is 5.96. The van der Waals surface area contributed by atoms with Crippen molar-refractivity contribution in [3.05, 3.63) is 74.3 Å². The number of hydrogen-bond acceptors (Lipinski definition) is 3. The number of amides is 1. The number of nitro benzene ring substituents is 1. The van der Waals surface area contributed by atoms with Crippen LogP contribution in [0.25, 0.3) is 0 Å². The molecule has 0 saturated carbocycles. The van der Waals surface area contributed by atoms with Crippen LogP contribution in [0, 0.1) is 17.0 Å². The van der Waals surface area contributed by atoms with E-state index < -0.39 is 4.92 Å². The van der Waals surface area contributed by atoms with Gasteiger partial charge in [0.25, 0.3) is 11.6 Å². The average molecular weight is 338 g/mol. The van der Waals surface area contributed by atoms with Gasteiger partial charge in [-0.15, -0.1) is 0 Å². The molecule has 0 radical (unpaired) electrons. The van der Waals surface area contributed by atoms with Crippen LogP contribution in [0.1, 0.15) is 58.4 Å². The number of nitrogens with one attached hydrogen (secondary N) is 1. The molecular formula is C20H22N2O3. The van der Waals surface area contributed by atoms with Gasteiger partial charge in [-0.3, -0.25) is 14.9 Å². The largest absolute Gasteiger partial charge is 0.346 e. The SMILES string of the molecule is Cc1c(C(=O)N[C@H](C)c2ccc3c(c2)CCCC3)cccc1[N+](=O)[O-]. The fourth-order valence-electron chi connectivity index (χ4n) is 3.45. The predicted octanol–water partition coefficient (Wildman–Crippen LogP) is 4.27. The first-order valence-electron chi connectivity index (χ1n) is 8.64. The highest BCUT2D eigenvalue weighted by Crippen LogP contribution is 2.26. The topological polar surface area (TPSA) is 72.2 Å². The third kappa shape index (κ3) is 3.55. The van der Waals surface area contributed by atoms with E-state index in [1.165, 1.54) is 30.0 Å². The van der Waals surface area contributed by atoms with Gasteiger partial charge in [-0.25, -0.2) is 0 Å². The van der Waals surface area contributed by atoms with E-state index in [2.05, 4.69) is 23.5 Å². The van der Waals surface area contributed by atoms with Gasteiger partial charge in [-0.1, -0.05) is 24.3 Å². The Labute approximate surface area is 147 Å². The maximum atomic E-state index is 12.6. The molecule has 3 rings (SSSR count). The number of carbonyl (C=O) groups is 1. The number of rotatable bonds is 4. The van der Waals surface area contributed by atoms with Crippen molar-refractivity contribution in [2.24, 2.45) is 0 Å². The summed E-state index contributed by atoms with van der Waals surface area (Å²) in [5.74, 6) is -0.286. The summed E-state index contributed by atoms with van der Waals surface area (Å²) in [5.41, 5.74) is 4.55. The smallest absolute Gasteiger partial charge is 0.273 e. The molecule has 130 valence electrons. The molecule has 1 aliphatic rings. The number of aryl methyl sites for hydroxylation is 2. The van der Waals surface area contributed by atoms with E-state index in [9.17, 15) is 14.9 Å². The lowest BCUT2D eigenvalue weighted by Crippen LogP contribution is -2.27. The molecule has 0 aromatic heterocycles. The highest BCUT2D eigenvalue weighted by atomic mass is 16.6. The summed E-state index contributed by atoms with van der Waals surface area (Å²) in [6.07, 6.45) is 4.67. The van der Waals surface area contributed by atoms with Gasteiger partial charge in [0.05, 0.1) is 11.0 Å². The fraction of sp³-hybridized carbons (Fsp3) is 0.350. The first kappa shape index (κ1) is 17.1. The molecule has 2 aromatic rings. The zero-order valence-electron chi connectivity index (χ0n) is 14.5. The van der Waals surface area contributed by atoms with Crippen molar-refractivity contribution in [3.8, 4) is 0 Å². The van der Waals surface area contributed by atoms with Crippen molar-refractivity contribution < 1.29 is 9.72 Å². The minimum atomic E-state index is -0.459. The molecule has 1 aliphatic carbocycles. The molecule has 0 unspecified atom stereocenters. The monoisotopic (exact) mass is 338 g/mol. The van der Waals surface area contributed by atoms with Crippen LogP contribution < -0.4 is 5.32 Å². The van der Waals surface area contributed by atoms with Gasteiger partial charge >= 0.3 is 0 Å². The van der Waals surface area contributed by atoms with Crippen molar-refractivity contribution in [2.45, 2.75) is 45.6 Å². The van der Waals surface area contributed by atoms with Crippen molar-refractivity contribution in [1.29, 1.82) is 0 Å². The molecule has 0 bridgehead atoms.